The normalized spacial score (nSPS) is 25.3. The average Bonchev–Trinajstić information content (AvgIpc) is 2.85. The third-order valence-electron chi connectivity index (χ3n) is 3.19. The van der Waals surface area contributed by atoms with E-state index in [1.165, 1.54) is 0 Å². The van der Waals surface area contributed by atoms with Gasteiger partial charge in [-0.05, 0) is 5.92 Å². The molecule has 2 atom stereocenters. The second-order valence-electron chi connectivity index (χ2n) is 4.57. The summed E-state index contributed by atoms with van der Waals surface area (Å²) in [6.07, 6.45) is 0.748. The number of likely N-dealkylation sites (tertiary alicyclic amines) is 1. The molecule has 0 bridgehead atoms. The first-order chi connectivity index (χ1) is 8.10. The van der Waals surface area contributed by atoms with E-state index in [4.69, 9.17) is 9.63 Å². The van der Waals surface area contributed by atoms with Crippen LogP contribution in [-0.2, 0) is 17.8 Å². The fourth-order valence-electron chi connectivity index (χ4n) is 2.21. The molecule has 0 radical (unpaired) electrons. The number of carbonyl (C=O) groups is 1. The molecule has 2 rings (SSSR count). The van der Waals surface area contributed by atoms with Gasteiger partial charge in [-0.15, -0.1) is 0 Å². The van der Waals surface area contributed by atoms with Crippen LogP contribution < -0.4 is 0 Å². The third kappa shape index (κ3) is 2.63. The standard InChI is InChI=1S/C11H17N3O3/c1-3-9-12-10(17-13-9)6-14-4-7(2)8(5-14)11(15)16/h7-8H,3-6H2,1-2H3,(H,15,16)/t7-,8-/m1/s1. The van der Waals surface area contributed by atoms with Crippen molar-refractivity contribution in [2.75, 3.05) is 13.1 Å². The molecule has 2 heterocycles. The number of aryl methyl sites for hydroxylation is 1. The van der Waals surface area contributed by atoms with Crippen LogP contribution in [0.3, 0.4) is 0 Å². The zero-order valence-electron chi connectivity index (χ0n) is 10.1. The van der Waals surface area contributed by atoms with Crippen molar-refractivity contribution in [3.05, 3.63) is 11.7 Å². The summed E-state index contributed by atoms with van der Waals surface area (Å²) >= 11 is 0. The van der Waals surface area contributed by atoms with Crippen LogP contribution in [-0.4, -0.2) is 39.2 Å². The molecule has 94 valence electrons. The molecule has 1 fully saturated rings. The lowest BCUT2D eigenvalue weighted by Crippen LogP contribution is -2.23. The van der Waals surface area contributed by atoms with Gasteiger partial charge in [-0.2, -0.15) is 4.98 Å². The Balaban J connectivity index is 1.95. The predicted octanol–water partition coefficient (Wildman–Crippen LogP) is 0.784. The van der Waals surface area contributed by atoms with E-state index in [1.54, 1.807) is 0 Å². The summed E-state index contributed by atoms with van der Waals surface area (Å²) < 4.78 is 5.10. The van der Waals surface area contributed by atoms with Crippen LogP contribution in [0.2, 0.25) is 0 Å². The SMILES string of the molecule is CCc1noc(CN2C[C@@H](C)[C@H](C(=O)O)C2)n1. The zero-order chi connectivity index (χ0) is 12.4. The summed E-state index contributed by atoms with van der Waals surface area (Å²) in [6, 6.07) is 0. The Morgan fingerprint density at radius 3 is 2.88 bits per heavy atom. The smallest absolute Gasteiger partial charge is 0.308 e. The van der Waals surface area contributed by atoms with Crippen molar-refractivity contribution in [2.24, 2.45) is 11.8 Å². The molecule has 1 aliphatic rings. The molecular weight excluding hydrogens is 222 g/mol. The molecule has 1 aromatic rings. The predicted molar refractivity (Wildman–Crippen MR) is 59.2 cm³/mol. The maximum absolute atomic E-state index is 11.0. The Bertz CT molecular complexity index is 404. The zero-order valence-corrected chi connectivity index (χ0v) is 10.1. The molecule has 6 heteroatoms. The molecule has 0 amide bonds. The van der Waals surface area contributed by atoms with Crippen LogP contribution in [0.15, 0.2) is 4.52 Å². The maximum atomic E-state index is 11.0. The van der Waals surface area contributed by atoms with Crippen LogP contribution in [0.5, 0.6) is 0 Å². The van der Waals surface area contributed by atoms with Gasteiger partial charge < -0.3 is 9.63 Å². The van der Waals surface area contributed by atoms with Crippen molar-refractivity contribution in [2.45, 2.75) is 26.8 Å². The number of carboxylic acids is 1. The van der Waals surface area contributed by atoms with E-state index in [-0.39, 0.29) is 11.8 Å². The highest BCUT2D eigenvalue weighted by molar-refractivity contribution is 5.71. The lowest BCUT2D eigenvalue weighted by Gasteiger charge is -2.11. The minimum absolute atomic E-state index is 0.168. The monoisotopic (exact) mass is 239 g/mol. The van der Waals surface area contributed by atoms with E-state index in [1.807, 2.05) is 13.8 Å². The van der Waals surface area contributed by atoms with Gasteiger partial charge in [0.1, 0.15) is 0 Å². The molecule has 6 nitrogen and oxygen atoms in total. The summed E-state index contributed by atoms with van der Waals surface area (Å²) in [4.78, 5) is 17.3. The summed E-state index contributed by atoms with van der Waals surface area (Å²) in [5.74, 6) is 0.423. The fraction of sp³-hybridized carbons (Fsp3) is 0.727. The maximum Gasteiger partial charge on any atom is 0.308 e. The number of nitrogens with zero attached hydrogens (tertiary/aromatic N) is 3. The average molecular weight is 239 g/mol. The molecule has 0 aromatic carbocycles. The largest absolute Gasteiger partial charge is 0.481 e. The highest BCUT2D eigenvalue weighted by atomic mass is 16.5. The first-order valence-corrected chi connectivity index (χ1v) is 5.86. The summed E-state index contributed by atoms with van der Waals surface area (Å²) in [5, 5.41) is 12.9. The number of hydrogen-bond donors (Lipinski definition) is 1. The number of carboxylic acid groups (broad SMARTS) is 1. The number of rotatable bonds is 4. The number of aromatic nitrogens is 2. The van der Waals surface area contributed by atoms with E-state index in [0.29, 0.717) is 24.8 Å². The minimum Gasteiger partial charge on any atom is -0.481 e. The summed E-state index contributed by atoms with van der Waals surface area (Å²) in [7, 11) is 0. The molecule has 1 aromatic heterocycles. The van der Waals surface area contributed by atoms with Crippen molar-refractivity contribution in [1.82, 2.24) is 15.0 Å². The van der Waals surface area contributed by atoms with Gasteiger partial charge in [0.2, 0.25) is 5.89 Å². The van der Waals surface area contributed by atoms with Crippen molar-refractivity contribution in [1.29, 1.82) is 0 Å². The van der Waals surface area contributed by atoms with Crippen LogP contribution in [0.25, 0.3) is 0 Å². The van der Waals surface area contributed by atoms with E-state index in [0.717, 1.165) is 13.0 Å². The van der Waals surface area contributed by atoms with Gasteiger partial charge in [0.15, 0.2) is 5.82 Å². The number of hydrogen-bond acceptors (Lipinski definition) is 5. The summed E-state index contributed by atoms with van der Waals surface area (Å²) in [5.41, 5.74) is 0. The third-order valence-corrected chi connectivity index (χ3v) is 3.19. The molecule has 0 spiro atoms. The van der Waals surface area contributed by atoms with E-state index >= 15 is 0 Å². The molecule has 0 saturated carbocycles. The van der Waals surface area contributed by atoms with Crippen molar-refractivity contribution in [3.8, 4) is 0 Å². The quantitative estimate of drug-likeness (QED) is 0.836. The highest BCUT2D eigenvalue weighted by Crippen LogP contribution is 2.24. The highest BCUT2D eigenvalue weighted by Gasteiger charge is 2.35. The molecule has 1 N–H and O–H groups in total. The van der Waals surface area contributed by atoms with Gasteiger partial charge in [0, 0.05) is 19.5 Å². The Hall–Kier alpha value is -1.43. The fourth-order valence-corrected chi connectivity index (χ4v) is 2.21. The minimum atomic E-state index is -0.722. The van der Waals surface area contributed by atoms with Gasteiger partial charge in [-0.1, -0.05) is 19.0 Å². The van der Waals surface area contributed by atoms with Gasteiger partial charge in [0.25, 0.3) is 0 Å². The van der Waals surface area contributed by atoms with Gasteiger partial charge >= 0.3 is 5.97 Å². The first-order valence-electron chi connectivity index (χ1n) is 5.86. The lowest BCUT2D eigenvalue weighted by molar-refractivity contribution is -0.142. The lowest BCUT2D eigenvalue weighted by atomic mass is 9.99. The van der Waals surface area contributed by atoms with Crippen LogP contribution >= 0.6 is 0 Å². The Morgan fingerprint density at radius 1 is 1.59 bits per heavy atom. The first kappa shape index (κ1) is 12.0. The Morgan fingerprint density at radius 2 is 2.35 bits per heavy atom. The van der Waals surface area contributed by atoms with Crippen molar-refractivity contribution < 1.29 is 14.4 Å². The molecule has 17 heavy (non-hydrogen) atoms. The molecule has 1 saturated heterocycles. The van der Waals surface area contributed by atoms with E-state index in [9.17, 15) is 4.79 Å². The van der Waals surface area contributed by atoms with Gasteiger partial charge in [-0.3, -0.25) is 9.69 Å². The molecule has 0 aliphatic carbocycles. The van der Waals surface area contributed by atoms with E-state index < -0.39 is 5.97 Å². The van der Waals surface area contributed by atoms with Crippen molar-refractivity contribution >= 4 is 5.97 Å². The molecule has 1 aliphatic heterocycles. The van der Waals surface area contributed by atoms with Crippen LogP contribution in [0.4, 0.5) is 0 Å². The Kier molecular flexibility index (Phi) is 3.42. The molecule has 0 unspecified atom stereocenters. The van der Waals surface area contributed by atoms with Gasteiger partial charge in [-0.25, -0.2) is 0 Å². The van der Waals surface area contributed by atoms with Crippen LogP contribution in [0, 0.1) is 11.8 Å². The van der Waals surface area contributed by atoms with E-state index in [2.05, 4.69) is 15.0 Å². The number of aliphatic carboxylic acids is 1. The summed E-state index contributed by atoms with van der Waals surface area (Å²) in [6.45, 7) is 5.79. The second-order valence-corrected chi connectivity index (χ2v) is 4.57. The second kappa shape index (κ2) is 4.83. The van der Waals surface area contributed by atoms with Gasteiger partial charge in [0.05, 0.1) is 12.5 Å². The molecular formula is C11H17N3O3. The van der Waals surface area contributed by atoms with Crippen LogP contribution in [0.1, 0.15) is 25.6 Å². The van der Waals surface area contributed by atoms with Crippen molar-refractivity contribution in [3.63, 3.8) is 0 Å². The Labute approximate surface area is 99.6 Å². The topological polar surface area (TPSA) is 79.5 Å².